The van der Waals surface area contributed by atoms with Crippen molar-refractivity contribution in [2.75, 3.05) is 50.9 Å². The second-order valence-corrected chi connectivity index (χ2v) is 6.24. The Morgan fingerprint density at radius 3 is 2.81 bits per heavy atom. The van der Waals surface area contributed by atoms with Gasteiger partial charge in [-0.05, 0) is 19.9 Å². The summed E-state index contributed by atoms with van der Waals surface area (Å²) in [6.07, 6.45) is 1.10. The van der Waals surface area contributed by atoms with Crippen LogP contribution in [0.25, 0.3) is 0 Å². The van der Waals surface area contributed by atoms with E-state index in [0.717, 1.165) is 64.1 Å². The van der Waals surface area contributed by atoms with Crippen molar-refractivity contribution in [2.24, 2.45) is 0 Å². The molecule has 1 spiro atoms. The van der Waals surface area contributed by atoms with Crippen molar-refractivity contribution in [3.8, 4) is 0 Å². The van der Waals surface area contributed by atoms with E-state index < -0.39 is 0 Å². The van der Waals surface area contributed by atoms with Gasteiger partial charge in [-0.1, -0.05) is 0 Å². The molecule has 1 unspecified atom stereocenters. The number of hydrogen-bond donors (Lipinski definition) is 1. The number of aromatic nitrogens is 2. The normalized spacial score (nSPS) is 28.9. The predicted molar refractivity (Wildman–Crippen MR) is 78.6 cm³/mol. The molecule has 0 radical (unpaired) electrons. The molecule has 0 amide bonds. The van der Waals surface area contributed by atoms with Crippen LogP contribution in [0.3, 0.4) is 0 Å². The van der Waals surface area contributed by atoms with Crippen LogP contribution in [0, 0.1) is 6.92 Å². The van der Waals surface area contributed by atoms with Crippen LogP contribution in [-0.2, 0) is 21.5 Å². The van der Waals surface area contributed by atoms with Gasteiger partial charge in [0.2, 0.25) is 5.95 Å². The Morgan fingerprint density at radius 1 is 1.19 bits per heavy atom. The third-order valence-electron chi connectivity index (χ3n) is 4.87. The van der Waals surface area contributed by atoms with Gasteiger partial charge in [-0.2, -0.15) is 0 Å². The molecular formula is C15H22N4O2. The molecule has 1 atom stereocenters. The molecule has 4 heterocycles. The van der Waals surface area contributed by atoms with E-state index in [0.29, 0.717) is 6.61 Å². The summed E-state index contributed by atoms with van der Waals surface area (Å²) in [5, 5.41) is 3.47. The number of rotatable bonds is 1. The first kappa shape index (κ1) is 13.4. The zero-order valence-electron chi connectivity index (χ0n) is 12.5. The van der Waals surface area contributed by atoms with E-state index in [2.05, 4.69) is 17.1 Å². The maximum Gasteiger partial charge on any atom is 0.225 e. The van der Waals surface area contributed by atoms with Crippen LogP contribution in [0.15, 0.2) is 0 Å². The zero-order valence-corrected chi connectivity index (χ0v) is 12.5. The lowest BCUT2D eigenvalue weighted by Gasteiger charge is -2.36. The molecule has 114 valence electrons. The second-order valence-electron chi connectivity index (χ2n) is 6.24. The second kappa shape index (κ2) is 5.19. The summed E-state index contributed by atoms with van der Waals surface area (Å²) in [6, 6.07) is 0. The molecule has 0 aromatic carbocycles. The Balaban J connectivity index is 1.76. The number of aryl methyl sites for hydroxylation is 1. The quantitative estimate of drug-likeness (QED) is 0.807. The average Bonchev–Trinajstić information content (AvgIpc) is 2.98. The van der Waals surface area contributed by atoms with Crippen LogP contribution in [0.4, 0.5) is 5.95 Å². The standard InChI is InChI=1S/C15H22N4O2/c1-11-12-8-21-10-15(2-3-16-9-15)13(12)18-14(17-11)19-4-6-20-7-5-19/h16H,2-10H2,1H3. The highest BCUT2D eigenvalue weighted by Gasteiger charge is 2.42. The summed E-state index contributed by atoms with van der Waals surface area (Å²) in [4.78, 5) is 11.9. The van der Waals surface area contributed by atoms with Gasteiger partial charge in [0, 0.05) is 30.9 Å². The van der Waals surface area contributed by atoms with Crippen molar-refractivity contribution in [2.45, 2.75) is 25.4 Å². The molecule has 0 saturated carbocycles. The fraction of sp³-hybridized carbons (Fsp3) is 0.733. The van der Waals surface area contributed by atoms with Crippen molar-refractivity contribution in [1.29, 1.82) is 0 Å². The number of ether oxygens (including phenoxy) is 2. The molecule has 3 aliphatic heterocycles. The number of morpholine rings is 1. The van der Waals surface area contributed by atoms with Gasteiger partial charge in [-0.25, -0.2) is 9.97 Å². The lowest BCUT2D eigenvalue weighted by atomic mass is 9.80. The van der Waals surface area contributed by atoms with Gasteiger partial charge in [0.05, 0.1) is 37.5 Å². The van der Waals surface area contributed by atoms with Gasteiger partial charge >= 0.3 is 0 Å². The minimum atomic E-state index is 0.0440. The van der Waals surface area contributed by atoms with E-state index in [1.54, 1.807) is 0 Å². The molecule has 6 heteroatoms. The summed E-state index contributed by atoms with van der Waals surface area (Å²) >= 11 is 0. The highest BCUT2D eigenvalue weighted by molar-refractivity contribution is 5.42. The van der Waals surface area contributed by atoms with Gasteiger partial charge in [0.15, 0.2) is 0 Å². The Morgan fingerprint density at radius 2 is 2.05 bits per heavy atom. The SMILES string of the molecule is Cc1nc(N2CCOCC2)nc2c1COCC21CCNC1. The zero-order chi connectivity index (χ0) is 14.3. The minimum absolute atomic E-state index is 0.0440. The van der Waals surface area contributed by atoms with Gasteiger partial charge < -0.3 is 19.7 Å². The Kier molecular flexibility index (Phi) is 3.32. The average molecular weight is 290 g/mol. The van der Waals surface area contributed by atoms with Gasteiger partial charge in [-0.3, -0.25) is 0 Å². The minimum Gasteiger partial charge on any atom is -0.378 e. The van der Waals surface area contributed by atoms with Crippen molar-refractivity contribution in [3.05, 3.63) is 17.0 Å². The van der Waals surface area contributed by atoms with Crippen LogP contribution >= 0.6 is 0 Å². The fourth-order valence-corrected chi connectivity index (χ4v) is 3.58. The van der Waals surface area contributed by atoms with Crippen LogP contribution in [-0.4, -0.2) is 56.0 Å². The van der Waals surface area contributed by atoms with E-state index in [-0.39, 0.29) is 5.41 Å². The molecular weight excluding hydrogens is 268 g/mol. The smallest absolute Gasteiger partial charge is 0.225 e. The molecule has 0 aliphatic carbocycles. The summed E-state index contributed by atoms with van der Waals surface area (Å²) in [5.41, 5.74) is 3.52. The number of nitrogens with zero attached hydrogens (tertiary/aromatic N) is 3. The number of anilines is 1. The fourth-order valence-electron chi connectivity index (χ4n) is 3.58. The monoisotopic (exact) mass is 290 g/mol. The molecule has 1 aromatic rings. The van der Waals surface area contributed by atoms with Crippen LogP contribution in [0.1, 0.15) is 23.4 Å². The number of nitrogens with one attached hydrogen (secondary N) is 1. The van der Waals surface area contributed by atoms with Crippen LogP contribution in [0.5, 0.6) is 0 Å². The van der Waals surface area contributed by atoms with E-state index in [1.807, 2.05) is 0 Å². The molecule has 1 aromatic heterocycles. The summed E-state index contributed by atoms with van der Waals surface area (Å²) in [6.45, 7) is 8.76. The molecule has 6 nitrogen and oxygen atoms in total. The third kappa shape index (κ3) is 2.22. The van der Waals surface area contributed by atoms with Crippen LogP contribution < -0.4 is 10.2 Å². The van der Waals surface area contributed by atoms with E-state index in [4.69, 9.17) is 19.4 Å². The molecule has 1 N–H and O–H groups in total. The summed E-state index contributed by atoms with van der Waals surface area (Å²) in [5.74, 6) is 0.864. The molecule has 2 fully saturated rings. The number of hydrogen-bond acceptors (Lipinski definition) is 6. The van der Waals surface area contributed by atoms with Crippen molar-refractivity contribution >= 4 is 5.95 Å². The predicted octanol–water partition coefficient (Wildman–Crippen LogP) is 0.383. The van der Waals surface area contributed by atoms with Crippen LogP contribution in [0.2, 0.25) is 0 Å². The number of fused-ring (bicyclic) bond motifs is 2. The van der Waals surface area contributed by atoms with E-state index >= 15 is 0 Å². The Hall–Kier alpha value is -1.24. The van der Waals surface area contributed by atoms with E-state index in [1.165, 1.54) is 11.3 Å². The molecule has 0 bridgehead atoms. The Bertz CT molecular complexity index is 537. The highest BCUT2D eigenvalue weighted by Crippen LogP contribution is 2.37. The van der Waals surface area contributed by atoms with Gasteiger partial charge in [0.1, 0.15) is 0 Å². The van der Waals surface area contributed by atoms with Gasteiger partial charge in [0.25, 0.3) is 0 Å². The highest BCUT2D eigenvalue weighted by atomic mass is 16.5. The first-order valence-corrected chi connectivity index (χ1v) is 7.78. The molecule has 2 saturated heterocycles. The molecule has 3 aliphatic rings. The topological polar surface area (TPSA) is 59.5 Å². The first-order chi connectivity index (χ1) is 10.3. The summed E-state index contributed by atoms with van der Waals surface area (Å²) < 4.78 is 11.3. The van der Waals surface area contributed by atoms with Crippen molar-refractivity contribution < 1.29 is 9.47 Å². The van der Waals surface area contributed by atoms with E-state index in [9.17, 15) is 0 Å². The van der Waals surface area contributed by atoms with Crippen molar-refractivity contribution in [3.63, 3.8) is 0 Å². The maximum atomic E-state index is 5.85. The lowest BCUT2D eigenvalue weighted by molar-refractivity contribution is 0.0544. The molecule has 4 rings (SSSR count). The summed E-state index contributed by atoms with van der Waals surface area (Å²) in [7, 11) is 0. The largest absolute Gasteiger partial charge is 0.378 e. The van der Waals surface area contributed by atoms with Crippen molar-refractivity contribution in [1.82, 2.24) is 15.3 Å². The first-order valence-electron chi connectivity index (χ1n) is 7.78. The lowest BCUT2D eigenvalue weighted by Crippen LogP contribution is -2.42. The Labute approximate surface area is 124 Å². The maximum absolute atomic E-state index is 5.85. The third-order valence-corrected chi connectivity index (χ3v) is 4.87. The molecule has 21 heavy (non-hydrogen) atoms. The van der Waals surface area contributed by atoms with Gasteiger partial charge in [-0.15, -0.1) is 0 Å².